The van der Waals surface area contributed by atoms with Crippen LogP contribution in [-0.4, -0.2) is 12.5 Å². The summed E-state index contributed by atoms with van der Waals surface area (Å²) in [5.74, 6) is 0.320. The molecule has 0 radical (unpaired) electrons. The fourth-order valence-electron chi connectivity index (χ4n) is 2.91. The number of halogens is 5. The summed E-state index contributed by atoms with van der Waals surface area (Å²) in [5, 5.41) is 13.8. The molecular weight excluding hydrogens is 598 g/mol. The molecule has 0 spiro atoms. The van der Waals surface area contributed by atoms with E-state index >= 15 is 0 Å². The molecule has 3 aromatic carbocycles. The molecular formula is C25H17BrCl4N2O3. The molecule has 10 heteroatoms. The first-order chi connectivity index (χ1) is 16.7. The molecule has 0 aliphatic rings. The second kappa shape index (κ2) is 12.5. The Morgan fingerprint density at radius 1 is 0.971 bits per heavy atom. The largest absolute Gasteiger partial charge is 0.490 e. The van der Waals surface area contributed by atoms with Crippen molar-refractivity contribution in [2.24, 2.45) is 0 Å². The van der Waals surface area contributed by atoms with Crippen LogP contribution >= 0.6 is 62.3 Å². The average molecular weight is 615 g/mol. The van der Waals surface area contributed by atoms with Crippen molar-refractivity contribution in [3.05, 3.63) is 89.8 Å². The van der Waals surface area contributed by atoms with Gasteiger partial charge in [-0.1, -0.05) is 68.4 Å². The maximum absolute atomic E-state index is 12.7. The quantitative estimate of drug-likeness (QED) is 0.204. The fourth-order valence-corrected chi connectivity index (χ4v) is 3.97. The molecule has 3 rings (SSSR count). The van der Waals surface area contributed by atoms with Crippen LogP contribution in [0.25, 0.3) is 6.08 Å². The van der Waals surface area contributed by atoms with Gasteiger partial charge in [-0.3, -0.25) is 4.79 Å². The number of hydrogen-bond acceptors (Lipinski definition) is 4. The number of ether oxygens (including phenoxy) is 2. The first-order valence-corrected chi connectivity index (χ1v) is 12.4. The van der Waals surface area contributed by atoms with Gasteiger partial charge in [0.25, 0.3) is 5.91 Å². The Bertz CT molecular complexity index is 1340. The molecule has 0 saturated heterocycles. The van der Waals surface area contributed by atoms with E-state index in [1.165, 1.54) is 12.1 Å². The fraction of sp³-hybridized carbons (Fsp3) is 0.120. The zero-order valence-electron chi connectivity index (χ0n) is 18.2. The molecule has 0 saturated carbocycles. The highest BCUT2D eigenvalue weighted by molar-refractivity contribution is 9.10. The molecule has 0 unspecified atom stereocenters. The van der Waals surface area contributed by atoms with Crippen molar-refractivity contribution in [3.63, 3.8) is 0 Å². The molecule has 0 heterocycles. The Morgan fingerprint density at radius 2 is 1.63 bits per heavy atom. The first-order valence-electron chi connectivity index (χ1n) is 10.1. The molecule has 0 bridgehead atoms. The van der Waals surface area contributed by atoms with Crippen molar-refractivity contribution in [1.82, 2.24) is 0 Å². The summed E-state index contributed by atoms with van der Waals surface area (Å²) in [7, 11) is 0. The van der Waals surface area contributed by atoms with E-state index in [-0.39, 0.29) is 17.2 Å². The normalized spacial score (nSPS) is 11.1. The lowest BCUT2D eigenvalue weighted by molar-refractivity contribution is -0.112. The van der Waals surface area contributed by atoms with Crippen LogP contribution in [-0.2, 0) is 11.4 Å². The minimum atomic E-state index is -0.601. The predicted octanol–water partition coefficient (Wildman–Crippen LogP) is 8.59. The monoisotopic (exact) mass is 612 g/mol. The van der Waals surface area contributed by atoms with E-state index in [0.29, 0.717) is 48.9 Å². The first kappa shape index (κ1) is 27.2. The number of nitrogens with one attached hydrogen (secondary N) is 1. The third-order valence-electron chi connectivity index (χ3n) is 4.58. The zero-order chi connectivity index (χ0) is 25.5. The van der Waals surface area contributed by atoms with Crippen LogP contribution in [0, 0.1) is 11.3 Å². The molecule has 1 amide bonds. The number of rotatable bonds is 8. The van der Waals surface area contributed by atoms with Crippen molar-refractivity contribution in [1.29, 1.82) is 5.26 Å². The van der Waals surface area contributed by atoms with Gasteiger partial charge in [0.05, 0.1) is 26.7 Å². The van der Waals surface area contributed by atoms with E-state index in [1.54, 1.807) is 36.4 Å². The van der Waals surface area contributed by atoms with Crippen LogP contribution in [0.2, 0.25) is 20.1 Å². The number of nitriles is 1. The summed E-state index contributed by atoms with van der Waals surface area (Å²) in [4.78, 5) is 12.7. The molecule has 35 heavy (non-hydrogen) atoms. The van der Waals surface area contributed by atoms with Crippen molar-refractivity contribution < 1.29 is 14.3 Å². The summed E-state index contributed by atoms with van der Waals surface area (Å²) in [6, 6.07) is 15.2. The smallest absolute Gasteiger partial charge is 0.266 e. The SMILES string of the molecule is CCOc1cc(/C=C(\C#N)C(=O)Nc2ccc(Cl)c(Cl)c2)c(Br)cc1OCc1ccc(Cl)c(Cl)c1. The molecule has 1 N–H and O–H groups in total. The summed E-state index contributed by atoms with van der Waals surface area (Å²) < 4.78 is 12.3. The molecule has 5 nitrogen and oxygen atoms in total. The minimum Gasteiger partial charge on any atom is -0.490 e. The second-order valence-electron chi connectivity index (χ2n) is 7.04. The van der Waals surface area contributed by atoms with Crippen LogP contribution in [0.15, 0.2) is 58.6 Å². The van der Waals surface area contributed by atoms with E-state index in [2.05, 4.69) is 21.2 Å². The highest BCUT2D eigenvalue weighted by Crippen LogP contribution is 2.36. The lowest BCUT2D eigenvalue weighted by Gasteiger charge is -2.14. The van der Waals surface area contributed by atoms with Gasteiger partial charge in [-0.2, -0.15) is 5.26 Å². The maximum Gasteiger partial charge on any atom is 0.266 e. The molecule has 0 aromatic heterocycles. The molecule has 0 fully saturated rings. The Hall–Kier alpha value is -2.40. The van der Waals surface area contributed by atoms with Gasteiger partial charge in [0.2, 0.25) is 0 Å². The Morgan fingerprint density at radius 3 is 2.26 bits per heavy atom. The number of amides is 1. The molecule has 0 atom stereocenters. The van der Waals surface area contributed by atoms with Gasteiger partial charge in [-0.05, 0) is 66.6 Å². The topological polar surface area (TPSA) is 71.3 Å². The van der Waals surface area contributed by atoms with Gasteiger partial charge in [0.1, 0.15) is 18.2 Å². The third kappa shape index (κ3) is 7.30. The van der Waals surface area contributed by atoms with Crippen LogP contribution in [0.3, 0.4) is 0 Å². The van der Waals surface area contributed by atoms with E-state index in [9.17, 15) is 10.1 Å². The van der Waals surface area contributed by atoms with Crippen LogP contribution in [0.1, 0.15) is 18.1 Å². The van der Waals surface area contributed by atoms with Gasteiger partial charge in [-0.25, -0.2) is 0 Å². The van der Waals surface area contributed by atoms with Gasteiger partial charge >= 0.3 is 0 Å². The molecule has 180 valence electrons. The van der Waals surface area contributed by atoms with Gasteiger partial charge in [-0.15, -0.1) is 0 Å². The highest BCUT2D eigenvalue weighted by Gasteiger charge is 2.15. The number of nitrogens with zero attached hydrogens (tertiary/aromatic N) is 1. The van der Waals surface area contributed by atoms with Gasteiger partial charge in [0, 0.05) is 10.2 Å². The molecule has 3 aromatic rings. The van der Waals surface area contributed by atoms with Crippen molar-refractivity contribution in [2.75, 3.05) is 11.9 Å². The second-order valence-corrected chi connectivity index (χ2v) is 9.53. The minimum absolute atomic E-state index is 0.122. The number of carbonyl (C=O) groups excluding carboxylic acids is 1. The van der Waals surface area contributed by atoms with Crippen LogP contribution < -0.4 is 14.8 Å². The lowest BCUT2D eigenvalue weighted by Crippen LogP contribution is -2.13. The number of benzene rings is 3. The molecule has 0 aliphatic heterocycles. The number of carbonyl (C=O) groups is 1. The average Bonchev–Trinajstić information content (AvgIpc) is 2.82. The van der Waals surface area contributed by atoms with Gasteiger partial charge in [0.15, 0.2) is 11.5 Å². The van der Waals surface area contributed by atoms with E-state index < -0.39 is 5.91 Å². The van der Waals surface area contributed by atoms with E-state index in [1.807, 2.05) is 19.1 Å². The third-order valence-corrected chi connectivity index (χ3v) is 6.75. The van der Waals surface area contributed by atoms with E-state index in [4.69, 9.17) is 55.9 Å². The van der Waals surface area contributed by atoms with Gasteiger partial charge < -0.3 is 14.8 Å². The van der Waals surface area contributed by atoms with Crippen LogP contribution in [0.5, 0.6) is 11.5 Å². The lowest BCUT2D eigenvalue weighted by atomic mass is 10.1. The Balaban J connectivity index is 1.85. The summed E-state index contributed by atoms with van der Waals surface area (Å²) >= 11 is 27.4. The summed E-state index contributed by atoms with van der Waals surface area (Å²) in [6.07, 6.45) is 1.45. The predicted molar refractivity (Wildman–Crippen MR) is 145 cm³/mol. The van der Waals surface area contributed by atoms with E-state index in [0.717, 1.165) is 5.56 Å². The Kier molecular flexibility index (Phi) is 9.73. The summed E-state index contributed by atoms with van der Waals surface area (Å²) in [6.45, 7) is 2.45. The standard InChI is InChI=1S/C25H17BrCl4N2O3/c1-2-34-23-9-15(8-16(12-31)25(33)32-17-4-6-20(28)22(30)10-17)18(26)11-24(23)35-13-14-3-5-19(27)21(29)7-14/h3-11H,2,13H2,1H3,(H,32,33)/b16-8+. The van der Waals surface area contributed by atoms with Crippen molar-refractivity contribution in [2.45, 2.75) is 13.5 Å². The Labute approximate surface area is 231 Å². The van der Waals surface area contributed by atoms with Crippen molar-refractivity contribution in [3.8, 4) is 17.6 Å². The highest BCUT2D eigenvalue weighted by atomic mass is 79.9. The number of anilines is 1. The molecule has 0 aliphatic carbocycles. The van der Waals surface area contributed by atoms with Crippen molar-refractivity contribution >= 4 is 80.0 Å². The number of hydrogen-bond donors (Lipinski definition) is 1. The maximum atomic E-state index is 12.7. The zero-order valence-corrected chi connectivity index (χ0v) is 22.8. The van der Waals surface area contributed by atoms with Crippen LogP contribution in [0.4, 0.5) is 5.69 Å². The summed E-state index contributed by atoms with van der Waals surface area (Å²) in [5.41, 5.74) is 1.67.